The number of rotatable bonds is 5. The van der Waals surface area contributed by atoms with Gasteiger partial charge in [-0.2, -0.15) is 0 Å². The Morgan fingerprint density at radius 2 is 1.96 bits per heavy atom. The van der Waals surface area contributed by atoms with Crippen LogP contribution in [0.4, 0.5) is 10.1 Å². The summed E-state index contributed by atoms with van der Waals surface area (Å²) >= 11 is 5.63. The maximum absolute atomic E-state index is 13.8. The number of aromatic carboxylic acids is 1. The second kappa shape index (κ2) is 6.55. The van der Waals surface area contributed by atoms with Crippen LogP contribution in [-0.4, -0.2) is 19.5 Å². The molecule has 0 radical (unpaired) electrons. The molecule has 0 saturated heterocycles. The molecular formula is C15H13ClFNO4S. The molecule has 122 valence electrons. The van der Waals surface area contributed by atoms with Gasteiger partial charge in [-0.05, 0) is 42.3 Å². The summed E-state index contributed by atoms with van der Waals surface area (Å²) in [4.78, 5) is 10.8. The molecule has 0 saturated carbocycles. The molecule has 5 nitrogen and oxygen atoms in total. The lowest BCUT2D eigenvalue weighted by Crippen LogP contribution is -2.16. The number of carbonyl (C=O) groups is 1. The van der Waals surface area contributed by atoms with E-state index in [2.05, 4.69) is 4.72 Å². The van der Waals surface area contributed by atoms with Crippen molar-refractivity contribution in [1.82, 2.24) is 0 Å². The normalized spacial score (nSPS) is 11.3. The van der Waals surface area contributed by atoms with Crippen LogP contribution in [0.1, 0.15) is 22.8 Å². The minimum absolute atomic E-state index is 0.132. The van der Waals surface area contributed by atoms with Gasteiger partial charge in [0.25, 0.3) is 10.0 Å². The highest BCUT2D eigenvalue weighted by molar-refractivity contribution is 7.92. The lowest BCUT2D eigenvalue weighted by atomic mass is 10.1. The van der Waals surface area contributed by atoms with E-state index < -0.39 is 21.8 Å². The zero-order valence-corrected chi connectivity index (χ0v) is 13.6. The Morgan fingerprint density at radius 3 is 2.52 bits per heavy atom. The van der Waals surface area contributed by atoms with Gasteiger partial charge in [0.2, 0.25) is 0 Å². The number of aryl methyl sites for hydroxylation is 1. The van der Waals surface area contributed by atoms with E-state index in [1.165, 1.54) is 24.3 Å². The topological polar surface area (TPSA) is 83.5 Å². The van der Waals surface area contributed by atoms with Crippen LogP contribution in [-0.2, 0) is 16.4 Å². The summed E-state index contributed by atoms with van der Waals surface area (Å²) in [5.74, 6) is -2.07. The summed E-state index contributed by atoms with van der Waals surface area (Å²) in [6.45, 7) is 1.73. The number of carboxylic acid groups (broad SMARTS) is 1. The quantitative estimate of drug-likeness (QED) is 0.857. The van der Waals surface area contributed by atoms with Crippen LogP contribution >= 0.6 is 11.6 Å². The molecule has 0 unspecified atom stereocenters. The van der Waals surface area contributed by atoms with Crippen molar-refractivity contribution in [3.05, 3.63) is 58.4 Å². The van der Waals surface area contributed by atoms with Gasteiger partial charge in [0.05, 0.1) is 16.1 Å². The first-order chi connectivity index (χ1) is 10.7. The van der Waals surface area contributed by atoms with E-state index in [-0.39, 0.29) is 21.2 Å². The molecule has 2 rings (SSSR count). The van der Waals surface area contributed by atoms with E-state index >= 15 is 0 Å². The summed E-state index contributed by atoms with van der Waals surface area (Å²) in [5, 5.41) is 9.15. The molecule has 0 bridgehead atoms. The van der Waals surface area contributed by atoms with Gasteiger partial charge in [0.15, 0.2) is 0 Å². The number of hydrogen-bond donors (Lipinski definition) is 2. The van der Waals surface area contributed by atoms with Gasteiger partial charge >= 0.3 is 5.97 Å². The van der Waals surface area contributed by atoms with Crippen LogP contribution < -0.4 is 4.72 Å². The van der Waals surface area contributed by atoms with Crippen LogP contribution in [0.15, 0.2) is 41.3 Å². The standard InChI is InChI=1S/C15H13ClFNO4S/c1-2-9-3-4-10(15(19)20)7-14(9)23(21,22)18-13-6-5-11(16)8-12(13)17/h3-8,18H,2H2,1H3,(H,19,20). The van der Waals surface area contributed by atoms with Gasteiger partial charge in [-0.15, -0.1) is 0 Å². The minimum Gasteiger partial charge on any atom is -0.478 e. The fourth-order valence-electron chi connectivity index (χ4n) is 2.00. The third-order valence-electron chi connectivity index (χ3n) is 3.16. The zero-order chi connectivity index (χ0) is 17.2. The first-order valence-electron chi connectivity index (χ1n) is 6.58. The number of hydrogen-bond acceptors (Lipinski definition) is 3. The molecule has 2 aromatic carbocycles. The van der Waals surface area contributed by atoms with Crippen molar-refractivity contribution in [2.75, 3.05) is 4.72 Å². The maximum atomic E-state index is 13.8. The molecule has 0 aliphatic heterocycles. The summed E-state index contributed by atoms with van der Waals surface area (Å²) in [7, 11) is -4.14. The number of carboxylic acids is 1. The number of benzene rings is 2. The second-order valence-electron chi connectivity index (χ2n) is 4.71. The Labute approximate surface area is 137 Å². The van der Waals surface area contributed by atoms with E-state index in [4.69, 9.17) is 16.7 Å². The van der Waals surface area contributed by atoms with Crippen molar-refractivity contribution in [3.63, 3.8) is 0 Å². The van der Waals surface area contributed by atoms with Crippen molar-refractivity contribution < 1.29 is 22.7 Å². The smallest absolute Gasteiger partial charge is 0.335 e. The van der Waals surface area contributed by atoms with E-state index in [1.807, 2.05) is 0 Å². The Kier molecular flexibility index (Phi) is 4.91. The van der Waals surface area contributed by atoms with Gasteiger partial charge in [0.1, 0.15) is 5.82 Å². The average Bonchev–Trinajstić information content (AvgIpc) is 2.49. The predicted molar refractivity (Wildman–Crippen MR) is 85.0 cm³/mol. The third-order valence-corrected chi connectivity index (χ3v) is 4.84. The molecule has 8 heteroatoms. The summed E-state index contributed by atoms with van der Waals surface area (Å²) in [5.41, 5.74) is -0.00629. The Balaban J connectivity index is 2.50. The van der Waals surface area contributed by atoms with Crippen molar-refractivity contribution in [3.8, 4) is 0 Å². The number of nitrogens with one attached hydrogen (secondary N) is 1. The molecule has 0 aliphatic rings. The average molecular weight is 358 g/mol. The minimum atomic E-state index is -4.14. The maximum Gasteiger partial charge on any atom is 0.335 e. The first-order valence-corrected chi connectivity index (χ1v) is 8.45. The highest BCUT2D eigenvalue weighted by atomic mass is 35.5. The van der Waals surface area contributed by atoms with Crippen molar-refractivity contribution in [1.29, 1.82) is 0 Å². The summed E-state index contributed by atoms with van der Waals surface area (Å²) < 4.78 is 40.9. The highest BCUT2D eigenvalue weighted by Crippen LogP contribution is 2.25. The summed E-state index contributed by atoms with van der Waals surface area (Å²) in [6.07, 6.45) is 0.374. The third kappa shape index (κ3) is 3.80. The number of sulfonamides is 1. The molecule has 2 aromatic rings. The second-order valence-corrected chi connectivity index (χ2v) is 6.80. The van der Waals surface area contributed by atoms with E-state index in [1.54, 1.807) is 6.92 Å². The lowest BCUT2D eigenvalue weighted by molar-refractivity contribution is 0.0696. The Morgan fingerprint density at radius 1 is 1.26 bits per heavy atom. The molecular weight excluding hydrogens is 345 g/mol. The van der Waals surface area contributed by atoms with Gasteiger partial charge in [0, 0.05) is 5.02 Å². The Bertz CT molecular complexity index is 868. The van der Waals surface area contributed by atoms with Crippen LogP contribution in [0.25, 0.3) is 0 Å². The fraction of sp³-hybridized carbons (Fsp3) is 0.133. The van der Waals surface area contributed by atoms with E-state index in [0.717, 1.165) is 12.1 Å². The number of halogens is 2. The molecule has 0 spiro atoms. The molecule has 2 N–H and O–H groups in total. The summed E-state index contributed by atoms with van der Waals surface area (Å²) in [6, 6.07) is 7.32. The molecule has 0 fully saturated rings. The van der Waals surface area contributed by atoms with E-state index in [0.29, 0.717) is 12.0 Å². The van der Waals surface area contributed by atoms with Gasteiger partial charge in [-0.1, -0.05) is 24.6 Å². The molecule has 0 aliphatic carbocycles. The molecule has 0 atom stereocenters. The predicted octanol–water partition coefficient (Wildman–Crippen LogP) is 3.54. The van der Waals surface area contributed by atoms with Crippen LogP contribution in [0.3, 0.4) is 0 Å². The first kappa shape index (κ1) is 17.2. The monoisotopic (exact) mass is 357 g/mol. The fourth-order valence-corrected chi connectivity index (χ4v) is 3.57. The SMILES string of the molecule is CCc1ccc(C(=O)O)cc1S(=O)(=O)Nc1ccc(Cl)cc1F. The van der Waals surface area contributed by atoms with Crippen LogP contribution in [0, 0.1) is 5.82 Å². The molecule has 23 heavy (non-hydrogen) atoms. The molecule has 0 amide bonds. The van der Waals surface area contributed by atoms with Crippen molar-refractivity contribution >= 4 is 33.3 Å². The van der Waals surface area contributed by atoms with Crippen LogP contribution in [0.2, 0.25) is 5.02 Å². The lowest BCUT2D eigenvalue weighted by Gasteiger charge is -2.13. The largest absolute Gasteiger partial charge is 0.478 e. The van der Waals surface area contributed by atoms with E-state index in [9.17, 15) is 17.6 Å². The highest BCUT2D eigenvalue weighted by Gasteiger charge is 2.21. The Hall–Kier alpha value is -2.12. The van der Waals surface area contributed by atoms with Crippen molar-refractivity contribution in [2.24, 2.45) is 0 Å². The van der Waals surface area contributed by atoms with Gasteiger partial charge < -0.3 is 5.11 Å². The molecule has 0 heterocycles. The van der Waals surface area contributed by atoms with Crippen molar-refractivity contribution in [2.45, 2.75) is 18.2 Å². The van der Waals surface area contributed by atoms with Crippen LogP contribution in [0.5, 0.6) is 0 Å². The molecule has 0 aromatic heterocycles. The van der Waals surface area contributed by atoms with Gasteiger partial charge in [-0.25, -0.2) is 17.6 Å². The zero-order valence-electron chi connectivity index (χ0n) is 12.0. The number of anilines is 1. The van der Waals surface area contributed by atoms with Gasteiger partial charge in [-0.3, -0.25) is 4.72 Å².